The molecule has 0 aliphatic heterocycles. The molecule has 0 aromatic carbocycles. The number of ether oxygens (including phenoxy) is 2. The molecule has 15 heavy (non-hydrogen) atoms. The Hall–Kier alpha value is -1.32. The summed E-state index contributed by atoms with van der Waals surface area (Å²) in [5.74, 6) is -1.05. The minimum Gasteiger partial charge on any atom is -0.468 e. The molecule has 0 heterocycles. The van der Waals surface area contributed by atoms with Gasteiger partial charge in [-0.05, 0) is 31.8 Å². The van der Waals surface area contributed by atoms with Crippen LogP contribution in [-0.4, -0.2) is 26.2 Å². The van der Waals surface area contributed by atoms with E-state index in [4.69, 9.17) is 9.47 Å². The molecular formula is C11H16O4. The van der Waals surface area contributed by atoms with Crippen molar-refractivity contribution in [3.63, 3.8) is 0 Å². The Balaban J connectivity index is 3.16. The van der Waals surface area contributed by atoms with E-state index in [-0.39, 0.29) is 0 Å². The number of allylic oxidation sites excluding steroid dienone is 1. The van der Waals surface area contributed by atoms with E-state index in [9.17, 15) is 9.59 Å². The lowest BCUT2D eigenvalue weighted by molar-refractivity contribution is -0.166. The van der Waals surface area contributed by atoms with E-state index in [0.29, 0.717) is 6.42 Å². The minimum absolute atomic E-state index is 0.467. The Labute approximate surface area is 89.2 Å². The number of rotatable bonds is 2. The number of methoxy groups -OCH3 is 2. The number of hydrogen-bond donors (Lipinski definition) is 0. The Morgan fingerprint density at radius 1 is 1.27 bits per heavy atom. The van der Waals surface area contributed by atoms with Crippen molar-refractivity contribution in [1.82, 2.24) is 0 Å². The van der Waals surface area contributed by atoms with E-state index < -0.39 is 17.4 Å². The van der Waals surface area contributed by atoms with Gasteiger partial charge < -0.3 is 9.47 Å². The largest absolute Gasteiger partial charge is 0.468 e. The van der Waals surface area contributed by atoms with Crippen LogP contribution in [0.15, 0.2) is 11.6 Å². The van der Waals surface area contributed by atoms with Gasteiger partial charge in [0.2, 0.25) is 0 Å². The quantitative estimate of drug-likeness (QED) is 0.395. The van der Waals surface area contributed by atoms with Crippen molar-refractivity contribution >= 4 is 11.9 Å². The van der Waals surface area contributed by atoms with Crippen molar-refractivity contribution in [2.75, 3.05) is 14.2 Å². The summed E-state index contributed by atoms with van der Waals surface area (Å²) in [5, 5.41) is 0. The molecular weight excluding hydrogens is 196 g/mol. The van der Waals surface area contributed by atoms with E-state index in [0.717, 1.165) is 18.4 Å². The van der Waals surface area contributed by atoms with Gasteiger partial charge in [-0.25, -0.2) is 0 Å². The van der Waals surface area contributed by atoms with Gasteiger partial charge in [0, 0.05) is 0 Å². The minimum atomic E-state index is -1.21. The van der Waals surface area contributed by atoms with Gasteiger partial charge in [-0.1, -0.05) is 6.08 Å². The number of hydrogen-bond acceptors (Lipinski definition) is 4. The van der Waals surface area contributed by atoms with Crippen molar-refractivity contribution in [3.05, 3.63) is 11.6 Å². The highest BCUT2D eigenvalue weighted by molar-refractivity contribution is 6.03. The highest BCUT2D eigenvalue weighted by Gasteiger charge is 2.50. The van der Waals surface area contributed by atoms with Gasteiger partial charge in [0.25, 0.3) is 0 Å². The highest BCUT2D eigenvalue weighted by Crippen LogP contribution is 2.39. The first-order valence-corrected chi connectivity index (χ1v) is 4.93. The van der Waals surface area contributed by atoms with Crippen molar-refractivity contribution in [2.45, 2.75) is 26.2 Å². The summed E-state index contributed by atoms with van der Waals surface area (Å²) in [6.45, 7) is 1.77. The molecule has 4 heteroatoms. The van der Waals surface area contributed by atoms with E-state index in [1.165, 1.54) is 14.2 Å². The predicted molar refractivity (Wildman–Crippen MR) is 54.1 cm³/mol. The third kappa shape index (κ3) is 1.76. The molecule has 0 saturated carbocycles. The normalized spacial score (nSPS) is 19.0. The Morgan fingerprint density at radius 2 is 1.80 bits per heavy atom. The molecule has 0 amide bonds. The lowest BCUT2D eigenvalue weighted by Crippen LogP contribution is -2.43. The average Bonchev–Trinajstić information content (AvgIpc) is 2.28. The summed E-state index contributed by atoms with van der Waals surface area (Å²) in [7, 11) is 2.57. The molecule has 0 fully saturated rings. The van der Waals surface area contributed by atoms with Gasteiger partial charge in [-0.15, -0.1) is 0 Å². The van der Waals surface area contributed by atoms with Crippen molar-refractivity contribution in [3.8, 4) is 0 Å². The first kappa shape index (κ1) is 11.8. The second kappa shape index (κ2) is 4.47. The predicted octanol–water partition coefficient (Wildman–Crippen LogP) is 1.45. The fourth-order valence-electron chi connectivity index (χ4n) is 2.02. The molecule has 84 valence electrons. The molecule has 0 unspecified atom stereocenters. The van der Waals surface area contributed by atoms with Gasteiger partial charge in [-0.2, -0.15) is 0 Å². The molecule has 1 aliphatic carbocycles. The van der Waals surface area contributed by atoms with E-state index in [2.05, 4.69) is 0 Å². The van der Waals surface area contributed by atoms with Crippen LogP contribution in [0.25, 0.3) is 0 Å². The molecule has 0 saturated heterocycles. The van der Waals surface area contributed by atoms with Crippen molar-refractivity contribution < 1.29 is 19.1 Å². The van der Waals surface area contributed by atoms with Gasteiger partial charge in [0.05, 0.1) is 14.2 Å². The fraction of sp³-hybridized carbons (Fsp3) is 0.636. The smallest absolute Gasteiger partial charge is 0.327 e. The van der Waals surface area contributed by atoms with Crippen LogP contribution >= 0.6 is 0 Å². The molecule has 0 aromatic rings. The molecule has 0 spiro atoms. The van der Waals surface area contributed by atoms with Crippen LogP contribution in [0.4, 0.5) is 0 Å². The van der Waals surface area contributed by atoms with Crippen molar-refractivity contribution in [2.24, 2.45) is 5.41 Å². The number of carbonyl (C=O) groups is 2. The summed E-state index contributed by atoms with van der Waals surface area (Å²) in [6.07, 6.45) is 4.05. The third-order valence-corrected chi connectivity index (χ3v) is 2.95. The van der Waals surface area contributed by atoms with Crippen LogP contribution in [0.1, 0.15) is 26.2 Å². The Morgan fingerprint density at radius 3 is 2.20 bits per heavy atom. The van der Waals surface area contributed by atoms with Crippen LogP contribution in [0.3, 0.4) is 0 Å². The van der Waals surface area contributed by atoms with Gasteiger partial charge in [0.1, 0.15) is 0 Å². The van der Waals surface area contributed by atoms with Crippen LogP contribution in [0.2, 0.25) is 0 Å². The zero-order valence-corrected chi connectivity index (χ0v) is 9.33. The second-order valence-electron chi connectivity index (χ2n) is 3.67. The summed E-state index contributed by atoms with van der Waals surface area (Å²) in [6, 6.07) is 0. The standard InChI is InChI=1S/C11H16O4/c1-8-6-4-5-7-11(8,9(12)14-2)10(13)15-3/h6H,4-5,7H2,1-3H3. The maximum atomic E-state index is 11.7. The van der Waals surface area contributed by atoms with Gasteiger partial charge >= 0.3 is 11.9 Å². The summed E-state index contributed by atoms with van der Waals surface area (Å²) < 4.78 is 9.41. The average molecular weight is 212 g/mol. The van der Waals surface area contributed by atoms with Gasteiger partial charge in [0.15, 0.2) is 5.41 Å². The summed E-state index contributed by atoms with van der Waals surface area (Å²) in [4.78, 5) is 23.5. The molecule has 4 nitrogen and oxygen atoms in total. The topological polar surface area (TPSA) is 52.6 Å². The summed E-state index contributed by atoms with van der Waals surface area (Å²) in [5.41, 5.74) is -0.477. The van der Waals surface area contributed by atoms with E-state index >= 15 is 0 Å². The van der Waals surface area contributed by atoms with Crippen LogP contribution < -0.4 is 0 Å². The lowest BCUT2D eigenvalue weighted by Gasteiger charge is -2.31. The van der Waals surface area contributed by atoms with E-state index in [1.807, 2.05) is 6.08 Å². The van der Waals surface area contributed by atoms with Crippen LogP contribution in [-0.2, 0) is 19.1 Å². The molecule has 0 bridgehead atoms. The first-order chi connectivity index (χ1) is 7.09. The molecule has 0 N–H and O–H groups in total. The monoisotopic (exact) mass is 212 g/mol. The maximum absolute atomic E-state index is 11.7. The zero-order valence-electron chi connectivity index (χ0n) is 9.33. The maximum Gasteiger partial charge on any atom is 0.327 e. The zero-order chi connectivity index (χ0) is 11.5. The second-order valence-corrected chi connectivity index (χ2v) is 3.67. The highest BCUT2D eigenvalue weighted by atomic mass is 16.5. The SMILES string of the molecule is COC(=O)C1(C(=O)OC)CCCC=C1C. The summed E-state index contributed by atoms with van der Waals surface area (Å²) >= 11 is 0. The number of esters is 2. The molecule has 0 aromatic heterocycles. The molecule has 1 rings (SSSR count). The number of carbonyl (C=O) groups excluding carboxylic acids is 2. The Kier molecular flexibility index (Phi) is 3.50. The molecule has 0 atom stereocenters. The molecule has 0 radical (unpaired) electrons. The fourth-order valence-corrected chi connectivity index (χ4v) is 2.02. The van der Waals surface area contributed by atoms with Crippen LogP contribution in [0.5, 0.6) is 0 Å². The van der Waals surface area contributed by atoms with Crippen LogP contribution in [0, 0.1) is 5.41 Å². The third-order valence-electron chi connectivity index (χ3n) is 2.95. The van der Waals surface area contributed by atoms with Crippen molar-refractivity contribution in [1.29, 1.82) is 0 Å². The van der Waals surface area contributed by atoms with Gasteiger partial charge in [-0.3, -0.25) is 9.59 Å². The lowest BCUT2D eigenvalue weighted by atomic mass is 9.73. The molecule has 1 aliphatic rings. The van der Waals surface area contributed by atoms with E-state index in [1.54, 1.807) is 6.92 Å². The Bertz CT molecular complexity index is 288. The first-order valence-electron chi connectivity index (χ1n) is 4.93.